The van der Waals surface area contributed by atoms with Gasteiger partial charge in [-0.3, -0.25) is 9.11 Å². The lowest BCUT2D eigenvalue weighted by atomic mass is 10.1. The van der Waals surface area contributed by atoms with Crippen molar-refractivity contribution < 1.29 is 27.7 Å². The van der Waals surface area contributed by atoms with Crippen LogP contribution in [0.2, 0.25) is 0 Å². The van der Waals surface area contributed by atoms with Crippen LogP contribution >= 0.6 is 0 Å². The molecule has 0 fully saturated rings. The fourth-order valence-corrected chi connectivity index (χ4v) is 1.46. The summed E-state index contributed by atoms with van der Waals surface area (Å²) in [5, 5.41) is 18.3. The fraction of sp³-hybridized carbons (Fsp3) is 0.0769. The molecule has 7 heteroatoms. The molecule has 0 aromatic heterocycles. The van der Waals surface area contributed by atoms with Crippen molar-refractivity contribution in [1.82, 2.24) is 0 Å². The maximum atomic E-state index is 9.13. The zero-order valence-corrected chi connectivity index (χ0v) is 11.2. The van der Waals surface area contributed by atoms with E-state index < -0.39 is 10.4 Å². The number of hydrogen-bond donors (Lipinski definition) is 4. The van der Waals surface area contributed by atoms with E-state index in [1.165, 1.54) is 0 Å². The van der Waals surface area contributed by atoms with Crippen LogP contribution in [-0.4, -0.2) is 27.7 Å². The molecular formula is C13H14O6S. The molecular weight excluding hydrogens is 284 g/mol. The zero-order chi connectivity index (χ0) is 15.2. The van der Waals surface area contributed by atoms with Gasteiger partial charge in [0.05, 0.1) is 0 Å². The first-order chi connectivity index (χ1) is 9.24. The third-order valence-electron chi connectivity index (χ3n) is 2.28. The van der Waals surface area contributed by atoms with E-state index in [9.17, 15) is 0 Å². The van der Waals surface area contributed by atoms with Crippen LogP contribution in [0.15, 0.2) is 48.5 Å². The van der Waals surface area contributed by atoms with E-state index >= 15 is 0 Å². The van der Waals surface area contributed by atoms with Gasteiger partial charge in [-0.2, -0.15) is 8.42 Å². The predicted octanol–water partition coefficient (Wildman–Crippen LogP) is 2.04. The van der Waals surface area contributed by atoms with Gasteiger partial charge in [-0.25, -0.2) is 0 Å². The summed E-state index contributed by atoms with van der Waals surface area (Å²) in [7, 11) is -4.67. The normalized spacial score (nSPS) is 10.5. The molecule has 2 rings (SSSR count). The number of phenolic OH excluding ortho intramolecular Hbond substituents is 2. The van der Waals surface area contributed by atoms with Gasteiger partial charge in [-0.15, -0.1) is 0 Å². The fourth-order valence-electron chi connectivity index (χ4n) is 1.46. The molecule has 0 spiro atoms. The molecule has 0 heterocycles. The molecule has 0 atom stereocenters. The van der Waals surface area contributed by atoms with Gasteiger partial charge in [0.1, 0.15) is 11.5 Å². The summed E-state index contributed by atoms with van der Waals surface area (Å²) >= 11 is 0. The summed E-state index contributed by atoms with van der Waals surface area (Å²) in [4.78, 5) is 0. The third kappa shape index (κ3) is 7.37. The standard InChI is InChI=1S/C13H12O2.H2O4S/c14-12-5-1-10(2-6-12)9-11-3-7-13(15)8-4-11;1-5(2,3)4/h1-8,14-15H,9H2;(H2,1,2,3,4). The van der Waals surface area contributed by atoms with Crippen LogP contribution in [-0.2, 0) is 16.8 Å². The molecule has 0 radical (unpaired) electrons. The van der Waals surface area contributed by atoms with E-state index in [0.717, 1.165) is 17.5 Å². The minimum absolute atomic E-state index is 0.282. The summed E-state index contributed by atoms with van der Waals surface area (Å²) in [5.74, 6) is 0.564. The Morgan fingerprint density at radius 2 is 0.950 bits per heavy atom. The van der Waals surface area contributed by atoms with Crippen molar-refractivity contribution in [2.45, 2.75) is 6.42 Å². The largest absolute Gasteiger partial charge is 0.508 e. The van der Waals surface area contributed by atoms with Crippen molar-refractivity contribution in [2.24, 2.45) is 0 Å². The van der Waals surface area contributed by atoms with Crippen LogP contribution in [0.5, 0.6) is 11.5 Å². The van der Waals surface area contributed by atoms with Crippen LogP contribution < -0.4 is 0 Å². The highest BCUT2D eigenvalue weighted by atomic mass is 32.3. The molecule has 0 bridgehead atoms. The van der Waals surface area contributed by atoms with E-state index in [1.54, 1.807) is 24.3 Å². The smallest absolute Gasteiger partial charge is 0.394 e. The molecule has 0 saturated carbocycles. The first kappa shape index (κ1) is 16.0. The van der Waals surface area contributed by atoms with Gasteiger partial charge in [0, 0.05) is 0 Å². The SMILES string of the molecule is O=S(=O)(O)O.Oc1ccc(Cc2ccc(O)cc2)cc1. The van der Waals surface area contributed by atoms with Gasteiger partial charge < -0.3 is 10.2 Å². The van der Waals surface area contributed by atoms with Crippen molar-refractivity contribution in [1.29, 1.82) is 0 Å². The van der Waals surface area contributed by atoms with E-state index in [4.69, 9.17) is 27.7 Å². The highest BCUT2D eigenvalue weighted by molar-refractivity contribution is 7.79. The van der Waals surface area contributed by atoms with Gasteiger partial charge in [-0.05, 0) is 41.8 Å². The molecule has 2 aromatic carbocycles. The quantitative estimate of drug-likeness (QED) is 0.631. The van der Waals surface area contributed by atoms with Gasteiger partial charge in [0.25, 0.3) is 0 Å². The third-order valence-corrected chi connectivity index (χ3v) is 2.28. The van der Waals surface area contributed by atoms with E-state index in [-0.39, 0.29) is 11.5 Å². The number of phenols is 2. The monoisotopic (exact) mass is 298 g/mol. The maximum Gasteiger partial charge on any atom is 0.394 e. The van der Waals surface area contributed by atoms with E-state index in [0.29, 0.717) is 0 Å². The number of benzene rings is 2. The van der Waals surface area contributed by atoms with Crippen LogP contribution in [0.1, 0.15) is 11.1 Å². The lowest BCUT2D eigenvalue weighted by Crippen LogP contribution is -1.89. The number of hydrogen-bond acceptors (Lipinski definition) is 4. The Hall–Kier alpha value is -2.09. The Morgan fingerprint density at radius 3 is 1.20 bits per heavy atom. The first-order valence-electron chi connectivity index (χ1n) is 5.50. The predicted molar refractivity (Wildman–Crippen MR) is 73.2 cm³/mol. The molecule has 0 amide bonds. The van der Waals surface area contributed by atoms with Gasteiger partial charge >= 0.3 is 10.4 Å². The molecule has 0 aliphatic heterocycles. The summed E-state index contributed by atoms with van der Waals surface area (Å²) in [6.45, 7) is 0. The Morgan fingerprint density at radius 1 is 0.700 bits per heavy atom. The Labute approximate surface area is 116 Å². The second kappa shape index (κ2) is 6.90. The molecule has 20 heavy (non-hydrogen) atoms. The van der Waals surface area contributed by atoms with E-state index in [2.05, 4.69) is 0 Å². The molecule has 0 saturated heterocycles. The second-order valence-electron chi connectivity index (χ2n) is 3.96. The van der Waals surface area contributed by atoms with Gasteiger partial charge in [0.15, 0.2) is 0 Å². The minimum Gasteiger partial charge on any atom is -0.508 e. The number of rotatable bonds is 2. The Kier molecular flexibility index (Phi) is 5.51. The Bertz CT molecular complexity index is 580. The number of aromatic hydroxyl groups is 2. The average Bonchev–Trinajstić information content (AvgIpc) is 2.33. The topological polar surface area (TPSA) is 115 Å². The summed E-state index contributed by atoms with van der Waals surface area (Å²) in [5.41, 5.74) is 2.27. The van der Waals surface area contributed by atoms with Crippen LogP contribution in [0.3, 0.4) is 0 Å². The molecule has 2 aromatic rings. The molecule has 0 unspecified atom stereocenters. The van der Waals surface area contributed by atoms with Crippen molar-refractivity contribution in [3.63, 3.8) is 0 Å². The van der Waals surface area contributed by atoms with Crippen molar-refractivity contribution >= 4 is 10.4 Å². The van der Waals surface area contributed by atoms with Crippen molar-refractivity contribution in [3.8, 4) is 11.5 Å². The molecule has 108 valence electrons. The minimum atomic E-state index is -4.67. The van der Waals surface area contributed by atoms with Crippen molar-refractivity contribution in [2.75, 3.05) is 0 Å². The highest BCUT2D eigenvalue weighted by Gasteiger charge is 1.96. The second-order valence-corrected chi connectivity index (χ2v) is 4.85. The van der Waals surface area contributed by atoms with Crippen LogP contribution in [0.4, 0.5) is 0 Å². The maximum absolute atomic E-state index is 9.13. The van der Waals surface area contributed by atoms with Gasteiger partial charge in [-0.1, -0.05) is 24.3 Å². The van der Waals surface area contributed by atoms with Crippen LogP contribution in [0.25, 0.3) is 0 Å². The lowest BCUT2D eigenvalue weighted by Gasteiger charge is -2.02. The average molecular weight is 298 g/mol. The highest BCUT2D eigenvalue weighted by Crippen LogP contribution is 2.15. The molecule has 0 aliphatic carbocycles. The molecule has 4 N–H and O–H groups in total. The first-order valence-corrected chi connectivity index (χ1v) is 6.89. The Balaban J connectivity index is 0.000000347. The summed E-state index contributed by atoms with van der Waals surface area (Å²) in [6, 6.07) is 14.3. The summed E-state index contributed by atoms with van der Waals surface area (Å²) in [6.07, 6.45) is 0.806. The molecule has 0 aliphatic rings. The van der Waals surface area contributed by atoms with Crippen LogP contribution in [0, 0.1) is 0 Å². The lowest BCUT2D eigenvalue weighted by molar-refractivity contribution is 0.381. The van der Waals surface area contributed by atoms with E-state index in [1.807, 2.05) is 24.3 Å². The zero-order valence-electron chi connectivity index (χ0n) is 10.3. The molecule has 6 nitrogen and oxygen atoms in total. The van der Waals surface area contributed by atoms with Crippen molar-refractivity contribution in [3.05, 3.63) is 59.7 Å². The summed E-state index contributed by atoms with van der Waals surface area (Å²) < 4.78 is 31.6. The van der Waals surface area contributed by atoms with Gasteiger partial charge in [0.2, 0.25) is 0 Å².